The number of methoxy groups -OCH3 is 1. The molecule has 1 aliphatic heterocycles. The zero-order valence-electron chi connectivity index (χ0n) is 18.5. The predicted octanol–water partition coefficient (Wildman–Crippen LogP) is 3.82. The number of hydrogen-bond donors (Lipinski definition) is 1. The van der Waals surface area contributed by atoms with Crippen LogP contribution >= 0.6 is 34.5 Å². The number of nitrogens with zero attached hydrogens (tertiary/aromatic N) is 2. The zero-order chi connectivity index (χ0) is 24.6. The van der Waals surface area contributed by atoms with Crippen LogP contribution in [0, 0.1) is 0 Å². The lowest BCUT2D eigenvalue weighted by molar-refractivity contribution is -0.139. The summed E-state index contributed by atoms with van der Waals surface area (Å²) in [7, 11) is 1.54. The maximum absolute atomic E-state index is 13.6. The molecule has 176 valence electrons. The van der Waals surface area contributed by atoms with Crippen molar-refractivity contribution >= 4 is 46.6 Å². The summed E-state index contributed by atoms with van der Waals surface area (Å²) in [5.41, 5.74) is 1.29. The maximum atomic E-state index is 13.6. The van der Waals surface area contributed by atoms with Gasteiger partial charge in [0.25, 0.3) is 5.56 Å². The number of aromatic hydroxyl groups is 1. The predicted molar refractivity (Wildman–Crippen MR) is 132 cm³/mol. The first-order valence-corrected chi connectivity index (χ1v) is 11.8. The minimum atomic E-state index is -0.774. The SMILES string of the molecule is CCOC(=O)C1=C(C)N=c2sc(=Cc3cc(Cl)cc(Cl)c3O)c(=O)n2[C@@H]1c1cccc(OC)c1. The van der Waals surface area contributed by atoms with Crippen LogP contribution in [0.5, 0.6) is 11.5 Å². The average Bonchev–Trinajstić information content (AvgIpc) is 3.10. The summed E-state index contributed by atoms with van der Waals surface area (Å²) in [6, 6.07) is 9.29. The summed E-state index contributed by atoms with van der Waals surface area (Å²) < 4.78 is 12.4. The van der Waals surface area contributed by atoms with E-state index in [1.54, 1.807) is 39.2 Å². The molecule has 1 aromatic heterocycles. The highest BCUT2D eigenvalue weighted by Crippen LogP contribution is 2.33. The lowest BCUT2D eigenvalue weighted by Gasteiger charge is -2.25. The Balaban J connectivity index is 1.99. The van der Waals surface area contributed by atoms with E-state index in [9.17, 15) is 14.7 Å². The van der Waals surface area contributed by atoms with Gasteiger partial charge in [0.15, 0.2) is 4.80 Å². The summed E-state index contributed by atoms with van der Waals surface area (Å²) in [6.45, 7) is 3.60. The molecule has 1 atom stereocenters. The number of rotatable bonds is 5. The monoisotopic (exact) mass is 518 g/mol. The van der Waals surface area contributed by atoms with Gasteiger partial charge in [-0.05, 0) is 49.8 Å². The number of allylic oxidation sites excluding steroid dienone is 1. The van der Waals surface area contributed by atoms with E-state index in [4.69, 9.17) is 32.7 Å². The molecule has 0 spiro atoms. The highest BCUT2D eigenvalue weighted by atomic mass is 35.5. The Morgan fingerprint density at radius 3 is 2.76 bits per heavy atom. The Morgan fingerprint density at radius 2 is 2.06 bits per heavy atom. The first kappa shape index (κ1) is 24.1. The van der Waals surface area contributed by atoms with Gasteiger partial charge in [0, 0.05) is 10.6 Å². The maximum Gasteiger partial charge on any atom is 0.338 e. The number of hydrogen-bond acceptors (Lipinski definition) is 7. The van der Waals surface area contributed by atoms with E-state index >= 15 is 0 Å². The summed E-state index contributed by atoms with van der Waals surface area (Å²) in [6.07, 6.45) is 1.50. The third kappa shape index (κ3) is 4.36. The molecule has 0 bridgehead atoms. The molecule has 0 saturated heterocycles. The van der Waals surface area contributed by atoms with Crippen LogP contribution in [0.15, 0.2) is 57.5 Å². The number of ether oxygens (including phenoxy) is 2. The topological polar surface area (TPSA) is 90.1 Å². The van der Waals surface area contributed by atoms with Gasteiger partial charge in [0.1, 0.15) is 11.5 Å². The van der Waals surface area contributed by atoms with Crippen LogP contribution in [0.1, 0.15) is 31.0 Å². The Hall–Kier alpha value is -3.07. The van der Waals surface area contributed by atoms with E-state index in [2.05, 4.69) is 4.99 Å². The highest BCUT2D eigenvalue weighted by molar-refractivity contribution is 7.07. The molecule has 0 unspecified atom stereocenters. The van der Waals surface area contributed by atoms with Gasteiger partial charge in [0.05, 0.1) is 40.6 Å². The fourth-order valence-electron chi connectivity index (χ4n) is 3.76. The molecule has 7 nitrogen and oxygen atoms in total. The number of carbonyl (C=O) groups excluding carboxylic acids is 1. The summed E-state index contributed by atoms with van der Waals surface area (Å²) in [5.74, 6) is -0.161. The number of thiazole rings is 1. The Kier molecular flexibility index (Phi) is 6.84. The molecule has 1 aliphatic rings. The van der Waals surface area contributed by atoms with Gasteiger partial charge in [-0.3, -0.25) is 9.36 Å². The normalized spacial score (nSPS) is 15.7. The van der Waals surface area contributed by atoms with Gasteiger partial charge in [0.2, 0.25) is 0 Å². The fourth-order valence-corrected chi connectivity index (χ4v) is 5.30. The van der Waals surface area contributed by atoms with E-state index in [0.717, 1.165) is 11.3 Å². The van der Waals surface area contributed by atoms with Crippen molar-refractivity contribution in [3.63, 3.8) is 0 Å². The molecule has 3 aromatic rings. The molecule has 10 heteroatoms. The number of aromatic nitrogens is 1. The quantitative estimate of drug-likeness (QED) is 0.518. The molecule has 0 aliphatic carbocycles. The second-order valence-corrected chi connectivity index (χ2v) is 9.26. The number of fused-ring (bicyclic) bond motifs is 1. The van der Waals surface area contributed by atoms with Crippen molar-refractivity contribution in [3.05, 3.63) is 88.5 Å². The van der Waals surface area contributed by atoms with Gasteiger partial charge in [-0.15, -0.1) is 0 Å². The molecule has 0 amide bonds. The van der Waals surface area contributed by atoms with Gasteiger partial charge >= 0.3 is 5.97 Å². The first-order chi connectivity index (χ1) is 16.2. The smallest absolute Gasteiger partial charge is 0.338 e. The van der Waals surface area contributed by atoms with E-state index < -0.39 is 12.0 Å². The number of benzene rings is 2. The van der Waals surface area contributed by atoms with Crippen molar-refractivity contribution in [2.45, 2.75) is 19.9 Å². The Labute approximate surface area is 208 Å². The third-order valence-corrected chi connectivity index (χ3v) is 6.76. The van der Waals surface area contributed by atoms with Crippen molar-refractivity contribution in [2.75, 3.05) is 13.7 Å². The molecule has 2 aromatic carbocycles. The van der Waals surface area contributed by atoms with Crippen molar-refractivity contribution in [1.29, 1.82) is 0 Å². The van der Waals surface area contributed by atoms with Gasteiger partial charge in [-0.2, -0.15) is 0 Å². The van der Waals surface area contributed by atoms with E-state index in [1.165, 1.54) is 22.8 Å². The fraction of sp³-hybridized carbons (Fsp3) is 0.208. The number of halogens is 2. The molecule has 2 heterocycles. The van der Waals surface area contributed by atoms with Gasteiger partial charge in [-0.1, -0.05) is 46.7 Å². The third-order valence-electron chi connectivity index (χ3n) is 5.27. The van der Waals surface area contributed by atoms with Crippen LogP contribution in [0.3, 0.4) is 0 Å². The van der Waals surface area contributed by atoms with Crippen molar-refractivity contribution in [2.24, 2.45) is 4.99 Å². The minimum Gasteiger partial charge on any atom is -0.506 e. The molecular formula is C24H20Cl2N2O5S. The first-order valence-electron chi connectivity index (χ1n) is 10.3. The van der Waals surface area contributed by atoms with Crippen molar-refractivity contribution < 1.29 is 19.4 Å². The highest BCUT2D eigenvalue weighted by Gasteiger charge is 2.33. The summed E-state index contributed by atoms with van der Waals surface area (Å²) >= 11 is 13.2. The van der Waals surface area contributed by atoms with E-state index in [1.807, 2.05) is 6.07 Å². The largest absolute Gasteiger partial charge is 0.506 e. The number of esters is 1. The molecule has 34 heavy (non-hydrogen) atoms. The number of phenols is 1. The minimum absolute atomic E-state index is 0.0706. The van der Waals surface area contributed by atoms with Crippen LogP contribution in [-0.4, -0.2) is 29.4 Å². The van der Waals surface area contributed by atoms with Crippen molar-refractivity contribution in [3.8, 4) is 11.5 Å². The summed E-state index contributed by atoms with van der Waals surface area (Å²) in [5, 5.41) is 10.7. The van der Waals surface area contributed by atoms with Crippen LogP contribution in [0.4, 0.5) is 0 Å². The second kappa shape index (κ2) is 9.66. The van der Waals surface area contributed by atoms with Crippen LogP contribution in [0.2, 0.25) is 10.0 Å². The second-order valence-electron chi connectivity index (χ2n) is 7.40. The Morgan fingerprint density at radius 1 is 1.29 bits per heavy atom. The molecule has 0 saturated carbocycles. The van der Waals surface area contributed by atoms with Crippen LogP contribution in [-0.2, 0) is 9.53 Å². The van der Waals surface area contributed by atoms with Gasteiger partial charge < -0.3 is 14.6 Å². The zero-order valence-corrected chi connectivity index (χ0v) is 20.8. The van der Waals surface area contributed by atoms with E-state index in [-0.39, 0.29) is 33.0 Å². The van der Waals surface area contributed by atoms with Crippen LogP contribution < -0.4 is 19.6 Å². The molecule has 1 N–H and O–H groups in total. The van der Waals surface area contributed by atoms with E-state index in [0.29, 0.717) is 32.4 Å². The molecule has 0 radical (unpaired) electrons. The van der Waals surface area contributed by atoms with Gasteiger partial charge in [-0.25, -0.2) is 9.79 Å². The Bertz CT molecular complexity index is 1510. The standard InChI is InChI=1S/C24H20Cl2N2O5S/c1-4-33-23(31)19-12(2)27-24-28(20(19)13-6-5-7-16(9-13)32-3)22(30)18(34-24)10-14-8-15(25)11-17(26)21(14)29/h5-11,20,29H,4H2,1-3H3/t20-/m1/s1. The lowest BCUT2D eigenvalue weighted by Crippen LogP contribution is -2.39. The number of carbonyl (C=O) groups is 1. The van der Waals surface area contributed by atoms with Crippen molar-refractivity contribution in [1.82, 2.24) is 4.57 Å². The number of phenolic OH excluding ortho intramolecular Hbond substituents is 1. The molecule has 4 rings (SSSR count). The van der Waals surface area contributed by atoms with Crippen LogP contribution in [0.25, 0.3) is 6.08 Å². The average molecular weight is 519 g/mol. The molecule has 0 fully saturated rings. The molecular weight excluding hydrogens is 499 g/mol. The summed E-state index contributed by atoms with van der Waals surface area (Å²) in [4.78, 5) is 31.5. The lowest BCUT2D eigenvalue weighted by atomic mass is 9.95.